The number of carboxylic acid groups (broad SMARTS) is 2. The summed E-state index contributed by atoms with van der Waals surface area (Å²) in [4.78, 5) is 30.3. The number of aromatic amines is 1. The van der Waals surface area contributed by atoms with Gasteiger partial charge in [-0.15, -0.1) is 0 Å². The number of fused-ring (bicyclic) bond motifs is 1. The predicted octanol–water partition coefficient (Wildman–Crippen LogP) is 5.06. The number of imidazole rings is 1. The number of aliphatic carboxylic acids is 1. The van der Waals surface area contributed by atoms with Crippen molar-refractivity contribution in [2.75, 3.05) is 0 Å². The Morgan fingerprint density at radius 1 is 0.969 bits per heavy atom. The Bertz CT molecular complexity index is 1260. The highest BCUT2D eigenvalue weighted by atomic mass is 32.2. The average molecular weight is 446 g/mol. The van der Waals surface area contributed by atoms with E-state index >= 15 is 0 Å². The maximum atomic E-state index is 11.7. The number of hydrogen-bond donors (Lipinski definition) is 3. The van der Waals surface area contributed by atoms with E-state index in [2.05, 4.69) is 9.97 Å². The number of hydrogen-bond acceptors (Lipinski definition) is 5. The predicted molar refractivity (Wildman–Crippen MR) is 122 cm³/mol. The van der Waals surface area contributed by atoms with Crippen LogP contribution >= 0.6 is 11.8 Å². The van der Waals surface area contributed by atoms with E-state index in [1.54, 1.807) is 42.5 Å². The second-order valence-corrected chi connectivity index (χ2v) is 7.87. The number of para-hydroxylation sites is 2. The Morgan fingerprint density at radius 3 is 2.34 bits per heavy atom. The van der Waals surface area contributed by atoms with Crippen LogP contribution in [0.5, 0.6) is 5.75 Å². The zero-order valence-electron chi connectivity index (χ0n) is 16.7. The van der Waals surface area contributed by atoms with Crippen LogP contribution in [0.15, 0.2) is 82.9 Å². The summed E-state index contributed by atoms with van der Waals surface area (Å²) in [7, 11) is 0. The van der Waals surface area contributed by atoms with Crippen molar-refractivity contribution in [3.8, 4) is 5.75 Å². The molecule has 0 atom stereocenters. The minimum atomic E-state index is -1.04. The highest BCUT2D eigenvalue weighted by Gasteiger charge is 2.13. The standard InChI is InChI=1S/C24H18N2O5S/c27-22(28)17-9-5-16(6-10-17)14-31-18-11-7-15(8-12-18)13-21(23(29)30)32-24-25-19-3-1-2-4-20(19)26-24/h1-13H,14H2,(H,25,26)(H,27,28)(H,29,30)/b21-13-. The molecule has 0 aliphatic carbocycles. The summed E-state index contributed by atoms with van der Waals surface area (Å²) in [5, 5.41) is 19.0. The van der Waals surface area contributed by atoms with E-state index in [0.29, 0.717) is 16.5 Å². The Kier molecular flexibility index (Phi) is 6.23. The van der Waals surface area contributed by atoms with Crippen LogP contribution in [0.1, 0.15) is 21.5 Å². The number of carbonyl (C=O) groups is 2. The van der Waals surface area contributed by atoms with Gasteiger partial charge in [-0.1, -0.05) is 36.4 Å². The number of carboxylic acids is 2. The van der Waals surface area contributed by atoms with Crippen LogP contribution in [-0.4, -0.2) is 32.1 Å². The van der Waals surface area contributed by atoms with Gasteiger partial charge in [0.15, 0.2) is 5.16 Å². The summed E-state index contributed by atoms with van der Waals surface area (Å²) >= 11 is 1.05. The monoisotopic (exact) mass is 446 g/mol. The van der Waals surface area contributed by atoms with Crippen molar-refractivity contribution in [3.05, 3.63) is 94.4 Å². The van der Waals surface area contributed by atoms with Crippen molar-refractivity contribution in [1.29, 1.82) is 0 Å². The van der Waals surface area contributed by atoms with Crippen molar-refractivity contribution in [2.24, 2.45) is 0 Å². The fourth-order valence-corrected chi connectivity index (χ4v) is 3.73. The molecule has 0 bridgehead atoms. The molecular formula is C24H18N2O5S. The van der Waals surface area contributed by atoms with Gasteiger partial charge in [-0.05, 0) is 65.4 Å². The minimum Gasteiger partial charge on any atom is -0.489 e. The largest absolute Gasteiger partial charge is 0.489 e. The average Bonchev–Trinajstić information content (AvgIpc) is 3.21. The molecule has 1 heterocycles. The van der Waals surface area contributed by atoms with Gasteiger partial charge in [-0.3, -0.25) is 0 Å². The second-order valence-electron chi connectivity index (χ2n) is 6.83. The Labute approximate surface area is 187 Å². The third kappa shape index (κ3) is 5.16. The van der Waals surface area contributed by atoms with E-state index in [-0.39, 0.29) is 17.1 Å². The van der Waals surface area contributed by atoms with Crippen LogP contribution in [0, 0.1) is 0 Å². The summed E-state index contributed by atoms with van der Waals surface area (Å²) in [5.74, 6) is -1.40. The molecule has 0 amide bonds. The molecule has 7 nitrogen and oxygen atoms in total. The summed E-state index contributed by atoms with van der Waals surface area (Å²) in [6.07, 6.45) is 1.58. The lowest BCUT2D eigenvalue weighted by Gasteiger charge is -2.07. The van der Waals surface area contributed by atoms with Gasteiger partial charge in [0.1, 0.15) is 17.3 Å². The van der Waals surface area contributed by atoms with Crippen LogP contribution in [0.25, 0.3) is 17.1 Å². The van der Waals surface area contributed by atoms with Crippen molar-refractivity contribution in [2.45, 2.75) is 11.8 Å². The molecule has 0 radical (unpaired) electrons. The second kappa shape index (κ2) is 9.40. The summed E-state index contributed by atoms with van der Waals surface area (Å²) in [5.41, 5.74) is 3.40. The Morgan fingerprint density at radius 2 is 1.69 bits per heavy atom. The van der Waals surface area contributed by atoms with Gasteiger partial charge in [-0.25, -0.2) is 14.6 Å². The molecule has 3 aromatic carbocycles. The lowest BCUT2D eigenvalue weighted by atomic mass is 10.1. The number of aromatic carboxylic acids is 1. The molecule has 4 aromatic rings. The molecule has 0 aliphatic heterocycles. The third-order valence-electron chi connectivity index (χ3n) is 4.57. The lowest BCUT2D eigenvalue weighted by Crippen LogP contribution is -1.99. The van der Waals surface area contributed by atoms with Gasteiger partial charge in [0.25, 0.3) is 0 Å². The van der Waals surface area contributed by atoms with Crippen molar-refractivity contribution < 1.29 is 24.5 Å². The van der Waals surface area contributed by atoms with Crippen molar-refractivity contribution in [3.63, 3.8) is 0 Å². The minimum absolute atomic E-state index is 0.135. The molecule has 0 saturated carbocycles. The maximum Gasteiger partial charge on any atom is 0.342 e. The molecule has 0 aliphatic rings. The Balaban J connectivity index is 1.42. The normalized spacial score (nSPS) is 11.4. The molecule has 0 fully saturated rings. The van der Waals surface area contributed by atoms with Gasteiger partial charge >= 0.3 is 11.9 Å². The number of benzene rings is 3. The van der Waals surface area contributed by atoms with E-state index in [0.717, 1.165) is 28.4 Å². The number of nitrogens with one attached hydrogen (secondary N) is 1. The number of nitrogens with zero attached hydrogens (tertiary/aromatic N) is 1. The van der Waals surface area contributed by atoms with Gasteiger partial charge in [-0.2, -0.15) is 0 Å². The third-order valence-corrected chi connectivity index (χ3v) is 5.47. The highest BCUT2D eigenvalue weighted by Crippen LogP contribution is 2.28. The van der Waals surface area contributed by atoms with E-state index in [9.17, 15) is 14.7 Å². The Hall–Kier alpha value is -4.04. The number of ether oxygens (including phenoxy) is 1. The first-order valence-corrected chi connectivity index (χ1v) is 10.4. The maximum absolute atomic E-state index is 11.7. The van der Waals surface area contributed by atoms with E-state index in [1.165, 1.54) is 12.1 Å². The lowest BCUT2D eigenvalue weighted by molar-refractivity contribution is -0.131. The molecule has 32 heavy (non-hydrogen) atoms. The molecular weight excluding hydrogens is 428 g/mol. The molecule has 1 aromatic heterocycles. The molecule has 0 spiro atoms. The molecule has 160 valence electrons. The molecule has 4 rings (SSSR count). The van der Waals surface area contributed by atoms with Crippen LogP contribution in [0.2, 0.25) is 0 Å². The number of rotatable bonds is 8. The first-order chi connectivity index (χ1) is 15.5. The summed E-state index contributed by atoms with van der Waals surface area (Å²) < 4.78 is 5.72. The number of aromatic nitrogens is 2. The fraction of sp³-hybridized carbons (Fsp3) is 0.0417. The fourth-order valence-electron chi connectivity index (χ4n) is 2.94. The van der Waals surface area contributed by atoms with E-state index in [4.69, 9.17) is 9.84 Å². The van der Waals surface area contributed by atoms with Crippen LogP contribution in [-0.2, 0) is 11.4 Å². The summed E-state index contributed by atoms with van der Waals surface area (Å²) in [6, 6.07) is 21.0. The summed E-state index contributed by atoms with van der Waals surface area (Å²) in [6.45, 7) is 0.289. The smallest absolute Gasteiger partial charge is 0.342 e. The van der Waals surface area contributed by atoms with E-state index < -0.39 is 11.9 Å². The van der Waals surface area contributed by atoms with Crippen LogP contribution in [0.4, 0.5) is 0 Å². The zero-order chi connectivity index (χ0) is 22.5. The van der Waals surface area contributed by atoms with Crippen LogP contribution < -0.4 is 4.74 Å². The molecule has 8 heteroatoms. The van der Waals surface area contributed by atoms with Gasteiger partial charge in [0.05, 0.1) is 16.6 Å². The SMILES string of the molecule is O=C(O)/C(=C/c1ccc(OCc2ccc(C(=O)O)cc2)cc1)Sc1nc2ccccc2[nH]1. The topological polar surface area (TPSA) is 113 Å². The highest BCUT2D eigenvalue weighted by molar-refractivity contribution is 8.04. The number of H-pyrrole nitrogens is 1. The van der Waals surface area contributed by atoms with Gasteiger partial charge < -0.3 is 19.9 Å². The van der Waals surface area contributed by atoms with Crippen LogP contribution in [0.3, 0.4) is 0 Å². The molecule has 0 unspecified atom stereocenters. The van der Waals surface area contributed by atoms with Gasteiger partial charge in [0.2, 0.25) is 0 Å². The first-order valence-electron chi connectivity index (χ1n) is 9.60. The van der Waals surface area contributed by atoms with E-state index in [1.807, 2.05) is 24.3 Å². The molecule has 0 saturated heterocycles. The molecule has 3 N–H and O–H groups in total. The van der Waals surface area contributed by atoms with Crippen molar-refractivity contribution >= 4 is 40.8 Å². The number of thioether (sulfide) groups is 1. The quantitative estimate of drug-likeness (QED) is 0.256. The van der Waals surface area contributed by atoms with Gasteiger partial charge in [0, 0.05) is 0 Å². The zero-order valence-corrected chi connectivity index (χ0v) is 17.5. The first kappa shape index (κ1) is 21.2. The van der Waals surface area contributed by atoms with Crippen molar-refractivity contribution in [1.82, 2.24) is 9.97 Å².